The molecule has 0 spiro atoms. The van der Waals surface area contributed by atoms with Crippen molar-refractivity contribution in [2.45, 2.75) is 33.5 Å². The monoisotopic (exact) mass is 356 g/mol. The van der Waals surface area contributed by atoms with Gasteiger partial charge < -0.3 is 10.1 Å². The first-order chi connectivity index (χ1) is 11.7. The second kappa shape index (κ2) is 7.54. The van der Waals surface area contributed by atoms with Gasteiger partial charge >= 0.3 is 6.18 Å². The number of alkyl halides is 3. The summed E-state index contributed by atoms with van der Waals surface area (Å²) in [7, 11) is 0. The Bertz CT molecular complexity index is 724. The third-order valence-electron chi connectivity index (χ3n) is 3.26. The van der Waals surface area contributed by atoms with Gasteiger partial charge in [-0.05, 0) is 25.0 Å². The zero-order valence-electron chi connectivity index (χ0n) is 14.1. The number of aromatic nitrogens is 3. The predicted molar refractivity (Wildman–Crippen MR) is 85.5 cm³/mol. The van der Waals surface area contributed by atoms with Crippen molar-refractivity contribution in [3.8, 4) is 5.75 Å². The number of hydrogen-bond donors (Lipinski definition) is 1. The molecule has 0 saturated carbocycles. The molecule has 0 unspecified atom stereocenters. The second-order valence-electron chi connectivity index (χ2n) is 5.96. The first kappa shape index (κ1) is 18.8. The van der Waals surface area contributed by atoms with Gasteiger partial charge in [-0.2, -0.15) is 18.3 Å². The van der Waals surface area contributed by atoms with Crippen LogP contribution >= 0.6 is 0 Å². The summed E-state index contributed by atoms with van der Waals surface area (Å²) in [6, 6.07) is 2.57. The van der Waals surface area contributed by atoms with Gasteiger partial charge in [-0.15, -0.1) is 0 Å². The molecule has 0 atom stereocenters. The minimum Gasteiger partial charge on any atom is -0.483 e. The van der Waals surface area contributed by atoms with Gasteiger partial charge in [-0.1, -0.05) is 13.8 Å². The van der Waals surface area contributed by atoms with E-state index in [1.54, 1.807) is 10.9 Å². The number of anilines is 1. The zero-order chi connectivity index (χ0) is 18.6. The molecule has 2 aromatic heterocycles. The molecule has 2 heterocycles. The highest BCUT2D eigenvalue weighted by molar-refractivity contribution is 6.03. The molecule has 1 N–H and O–H groups in total. The quantitative estimate of drug-likeness (QED) is 0.861. The SMILES string of the molecule is Cc1c(NC(=O)c2ccc(OCC(F)(F)F)cn2)cnn1CC(C)C. The standard InChI is InChI=1S/C16H19F3N4O2/c1-10(2)8-23-11(3)14(7-21-23)22-15(24)13-5-4-12(6-20-13)25-9-16(17,18)19/h4-7,10H,8-9H2,1-3H3,(H,22,24). The largest absolute Gasteiger partial charge is 0.483 e. The van der Waals surface area contributed by atoms with Crippen molar-refractivity contribution < 1.29 is 22.7 Å². The van der Waals surface area contributed by atoms with Crippen LogP contribution in [0.4, 0.5) is 18.9 Å². The molecule has 2 rings (SSSR count). The summed E-state index contributed by atoms with van der Waals surface area (Å²) in [4.78, 5) is 16.0. The summed E-state index contributed by atoms with van der Waals surface area (Å²) in [5.41, 5.74) is 1.44. The normalized spacial score (nSPS) is 11.6. The molecule has 25 heavy (non-hydrogen) atoms. The van der Waals surface area contributed by atoms with Gasteiger partial charge in [0.15, 0.2) is 6.61 Å². The van der Waals surface area contributed by atoms with Crippen LogP contribution in [0, 0.1) is 12.8 Å². The van der Waals surface area contributed by atoms with Crippen molar-refractivity contribution >= 4 is 11.6 Å². The molecule has 2 aromatic rings. The highest BCUT2D eigenvalue weighted by Gasteiger charge is 2.28. The van der Waals surface area contributed by atoms with Gasteiger partial charge in [0.25, 0.3) is 5.91 Å². The Hall–Kier alpha value is -2.58. The van der Waals surface area contributed by atoms with E-state index in [0.29, 0.717) is 11.6 Å². The van der Waals surface area contributed by atoms with Crippen LogP contribution in [-0.4, -0.2) is 33.5 Å². The fraction of sp³-hybridized carbons (Fsp3) is 0.438. The first-order valence-corrected chi connectivity index (χ1v) is 7.65. The fourth-order valence-electron chi connectivity index (χ4n) is 2.05. The van der Waals surface area contributed by atoms with Crippen LogP contribution in [0.1, 0.15) is 30.0 Å². The van der Waals surface area contributed by atoms with Crippen LogP contribution in [0.3, 0.4) is 0 Å². The molecule has 0 aliphatic heterocycles. The zero-order valence-corrected chi connectivity index (χ0v) is 14.1. The third-order valence-corrected chi connectivity index (χ3v) is 3.26. The van der Waals surface area contributed by atoms with Gasteiger partial charge in [0.2, 0.25) is 0 Å². The molecule has 136 valence electrons. The van der Waals surface area contributed by atoms with Gasteiger partial charge in [0.05, 0.1) is 23.8 Å². The molecule has 0 fully saturated rings. The number of carbonyl (C=O) groups is 1. The van der Waals surface area contributed by atoms with Crippen molar-refractivity contribution in [1.29, 1.82) is 0 Å². The number of nitrogens with one attached hydrogen (secondary N) is 1. The molecule has 0 bridgehead atoms. The Kier molecular flexibility index (Phi) is 5.66. The maximum Gasteiger partial charge on any atom is 0.422 e. The summed E-state index contributed by atoms with van der Waals surface area (Å²) in [5.74, 6) is -0.127. The summed E-state index contributed by atoms with van der Waals surface area (Å²) in [6.07, 6.45) is -1.80. The molecule has 9 heteroatoms. The van der Waals surface area contributed by atoms with Crippen LogP contribution in [0.25, 0.3) is 0 Å². The number of amides is 1. The van der Waals surface area contributed by atoms with Crippen molar-refractivity contribution in [2.24, 2.45) is 5.92 Å². The number of halogens is 3. The number of pyridine rings is 1. The number of nitrogens with zero attached hydrogens (tertiary/aromatic N) is 3. The average molecular weight is 356 g/mol. The van der Waals surface area contributed by atoms with E-state index < -0.39 is 18.7 Å². The van der Waals surface area contributed by atoms with Gasteiger partial charge in [-0.3, -0.25) is 9.48 Å². The Labute approximate surface area is 143 Å². The summed E-state index contributed by atoms with van der Waals surface area (Å²) >= 11 is 0. The number of carbonyl (C=O) groups excluding carboxylic acids is 1. The molecule has 0 saturated heterocycles. The van der Waals surface area contributed by atoms with Crippen LogP contribution in [0.5, 0.6) is 5.75 Å². The maximum absolute atomic E-state index is 12.2. The molecule has 0 aromatic carbocycles. The van der Waals surface area contributed by atoms with E-state index in [4.69, 9.17) is 0 Å². The van der Waals surface area contributed by atoms with E-state index in [0.717, 1.165) is 18.4 Å². The van der Waals surface area contributed by atoms with Gasteiger partial charge in [0, 0.05) is 6.54 Å². The lowest BCUT2D eigenvalue weighted by atomic mass is 10.2. The Morgan fingerprint density at radius 2 is 2.04 bits per heavy atom. The first-order valence-electron chi connectivity index (χ1n) is 7.65. The summed E-state index contributed by atoms with van der Waals surface area (Å²) in [6.45, 7) is 5.28. The highest BCUT2D eigenvalue weighted by Crippen LogP contribution is 2.19. The van der Waals surface area contributed by atoms with Crippen LogP contribution in [0.2, 0.25) is 0 Å². The topological polar surface area (TPSA) is 69.0 Å². The summed E-state index contributed by atoms with van der Waals surface area (Å²) in [5, 5.41) is 6.91. The van der Waals surface area contributed by atoms with E-state index in [9.17, 15) is 18.0 Å². The lowest BCUT2D eigenvalue weighted by Gasteiger charge is -2.10. The molecule has 1 amide bonds. The summed E-state index contributed by atoms with van der Waals surface area (Å²) < 4.78 is 42.6. The lowest BCUT2D eigenvalue weighted by Crippen LogP contribution is -2.19. The molecular formula is C16H19F3N4O2. The second-order valence-corrected chi connectivity index (χ2v) is 5.96. The van der Waals surface area contributed by atoms with Crippen LogP contribution < -0.4 is 10.1 Å². The maximum atomic E-state index is 12.2. The van der Waals surface area contributed by atoms with E-state index in [-0.39, 0.29) is 11.4 Å². The number of ether oxygens (including phenoxy) is 1. The Morgan fingerprint density at radius 1 is 1.32 bits per heavy atom. The van der Waals surface area contributed by atoms with Crippen molar-refractivity contribution in [3.05, 3.63) is 35.9 Å². The van der Waals surface area contributed by atoms with Crippen LogP contribution in [0.15, 0.2) is 24.5 Å². The molecule has 6 nitrogen and oxygen atoms in total. The number of hydrogen-bond acceptors (Lipinski definition) is 4. The molecular weight excluding hydrogens is 337 g/mol. The smallest absolute Gasteiger partial charge is 0.422 e. The fourth-order valence-corrected chi connectivity index (χ4v) is 2.05. The average Bonchev–Trinajstić information content (AvgIpc) is 2.85. The van der Waals surface area contributed by atoms with Gasteiger partial charge in [0.1, 0.15) is 11.4 Å². The van der Waals surface area contributed by atoms with E-state index >= 15 is 0 Å². The molecule has 0 aliphatic rings. The van der Waals surface area contributed by atoms with Crippen molar-refractivity contribution in [3.63, 3.8) is 0 Å². The van der Waals surface area contributed by atoms with Crippen molar-refractivity contribution in [2.75, 3.05) is 11.9 Å². The molecule has 0 aliphatic carbocycles. The lowest BCUT2D eigenvalue weighted by molar-refractivity contribution is -0.153. The van der Waals surface area contributed by atoms with E-state index in [1.807, 2.05) is 6.92 Å². The van der Waals surface area contributed by atoms with Gasteiger partial charge in [-0.25, -0.2) is 4.98 Å². The highest BCUT2D eigenvalue weighted by atomic mass is 19.4. The predicted octanol–water partition coefficient (Wildman–Crippen LogP) is 3.44. The van der Waals surface area contributed by atoms with E-state index in [1.165, 1.54) is 12.1 Å². The molecule has 0 radical (unpaired) electrons. The number of rotatable bonds is 6. The Morgan fingerprint density at radius 3 is 2.60 bits per heavy atom. The van der Waals surface area contributed by atoms with Crippen molar-refractivity contribution in [1.82, 2.24) is 14.8 Å². The third kappa shape index (κ3) is 5.47. The van der Waals surface area contributed by atoms with E-state index in [2.05, 4.69) is 34.0 Å². The minimum absolute atomic E-state index is 0.0604. The minimum atomic E-state index is -4.43. The Balaban J connectivity index is 2.00. The van der Waals surface area contributed by atoms with Crippen LogP contribution in [-0.2, 0) is 6.54 Å².